The SMILES string of the molecule is O=C(PC(=O)C1CCCN1)C1CCCN1. The van der Waals surface area contributed by atoms with Gasteiger partial charge in [0, 0.05) is 8.58 Å². The molecule has 2 fully saturated rings. The molecule has 2 heterocycles. The smallest absolute Gasteiger partial charge is 0.175 e. The van der Waals surface area contributed by atoms with E-state index in [1.807, 2.05) is 0 Å². The van der Waals surface area contributed by atoms with Crippen LogP contribution in [0.3, 0.4) is 0 Å². The molecular weight excluding hydrogens is 211 g/mol. The second kappa shape index (κ2) is 5.15. The van der Waals surface area contributed by atoms with Gasteiger partial charge in [-0.15, -0.1) is 0 Å². The minimum Gasteiger partial charge on any atom is -0.307 e. The molecule has 0 bridgehead atoms. The number of carbonyl (C=O) groups is 2. The molecule has 0 aromatic carbocycles. The first-order valence-corrected chi connectivity index (χ1v) is 6.59. The minimum atomic E-state index is -0.155. The monoisotopic (exact) mass is 228 g/mol. The molecule has 2 aliphatic heterocycles. The van der Waals surface area contributed by atoms with Gasteiger partial charge in [0.25, 0.3) is 0 Å². The lowest BCUT2D eigenvalue weighted by molar-refractivity contribution is -0.115. The predicted octanol–water partition coefficient (Wildman–Crippen LogP) is 0.222. The molecule has 2 unspecified atom stereocenters. The van der Waals surface area contributed by atoms with Crippen molar-refractivity contribution in [2.75, 3.05) is 13.1 Å². The number of rotatable bonds is 4. The Bertz CT molecular complexity index is 232. The van der Waals surface area contributed by atoms with Gasteiger partial charge < -0.3 is 10.6 Å². The van der Waals surface area contributed by atoms with Crippen LogP contribution in [0.4, 0.5) is 0 Å². The fraction of sp³-hybridized carbons (Fsp3) is 0.800. The van der Waals surface area contributed by atoms with E-state index >= 15 is 0 Å². The number of nitrogens with one attached hydrogen (secondary N) is 2. The number of hydrogen-bond acceptors (Lipinski definition) is 4. The summed E-state index contributed by atoms with van der Waals surface area (Å²) in [6.07, 6.45) is 3.90. The van der Waals surface area contributed by atoms with Crippen molar-refractivity contribution in [3.8, 4) is 0 Å². The fourth-order valence-corrected chi connectivity index (χ4v) is 3.20. The van der Waals surface area contributed by atoms with E-state index in [9.17, 15) is 9.59 Å². The average molecular weight is 228 g/mol. The van der Waals surface area contributed by atoms with E-state index in [4.69, 9.17) is 0 Å². The van der Waals surface area contributed by atoms with Crippen LogP contribution in [0.15, 0.2) is 0 Å². The molecular formula is C10H17N2O2P. The molecule has 2 N–H and O–H groups in total. The van der Waals surface area contributed by atoms with Gasteiger partial charge in [-0.25, -0.2) is 0 Å². The zero-order valence-corrected chi connectivity index (χ0v) is 9.71. The third kappa shape index (κ3) is 2.83. The zero-order valence-electron chi connectivity index (χ0n) is 8.71. The van der Waals surface area contributed by atoms with Crippen LogP contribution < -0.4 is 10.6 Å². The topological polar surface area (TPSA) is 58.2 Å². The van der Waals surface area contributed by atoms with Crippen LogP contribution in [0.5, 0.6) is 0 Å². The van der Waals surface area contributed by atoms with Crippen LogP contribution in [-0.4, -0.2) is 36.2 Å². The van der Waals surface area contributed by atoms with Gasteiger partial charge in [-0.2, -0.15) is 0 Å². The molecule has 2 atom stereocenters. The molecule has 0 spiro atoms. The largest absolute Gasteiger partial charge is 0.307 e. The fourth-order valence-electron chi connectivity index (χ4n) is 2.11. The molecule has 0 aromatic rings. The molecule has 5 heteroatoms. The second-order valence-corrected chi connectivity index (χ2v) is 5.39. The molecule has 0 saturated carbocycles. The first kappa shape index (κ1) is 11.2. The van der Waals surface area contributed by atoms with Crippen LogP contribution in [0.2, 0.25) is 0 Å². The maximum Gasteiger partial charge on any atom is 0.175 e. The molecule has 4 nitrogen and oxygen atoms in total. The highest BCUT2D eigenvalue weighted by molar-refractivity contribution is 7.74. The van der Waals surface area contributed by atoms with Crippen LogP contribution in [0.1, 0.15) is 25.7 Å². The van der Waals surface area contributed by atoms with E-state index in [0.29, 0.717) is 0 Å². The van der Waals surface area contributed by atoms with Crippen molar-refractivity contribution < 1.29 is 9.59 Å². The maximum atomic E-state index is 11.7. The standard InChI is InChI=1S/C10H17N2O2P/c13-9(7-3-1-5-11-7)15-10(14)8-4-2-6-12-8/h7-8,11-12,15H,1-6H2. The summed E-state index contributed by atoms with van der Waals surface area (Å²) in [5, 5.41) is 6.27. The molecule has 0 aromatic heterocycles. The van der Waals surface area contributed by atoms with Crippen LogP contribution >= 0.6 is 8.58 Å². The van der Waals surface area contributed by atoms with Crippen molar-refractivity contribution in [2.45, 2.75) is 37.8 Å². The highest BCUT2D eigenvalue weighted by Crippen LogP contribution is 2.24. The van der Waals surface area contributed by atoms with E-state index in [2.05, 4.69) is 10.6 Å². The lowest BCUT2D eigenvalue weighted by Gasteiger charge is -2.11. The lowest BCUT2D eigenvalue weighted by Crippen LogP contribution is -2.32. The average Bonchev–Trinajstić information content (AvgIpc) is 2.91. The molecule has 84 valence electrons. The summed E-state index contributed by atoms with van der Waals surface area (Å²) in [6, 6.07) is -0.0950. The van der Waals surface area contributed by atoms with E-state index in [0.717, 1.165) is 38.8 Å². The molecule has 0 amide bonds. The van der Waals surface area contributed by atoms with Crippen molar-refractivity contribution >= 4 is 19.6 Å². The summed E-state index contributed by atoms with van der Waals surface area (Å²) in [4.78, 5) is 23.4. The Morgan fingerprint density at radius 2 is 1.40 bits per heavy atom. The quantitative estimate of drug-likeness (QED) is 0.676. The summed E-state index contributed by atoms with van der Waals surface area (Å²) in [7, 11) is -0.155. The van der Waals surface area contributed by atoms with Gasteiger partial charge in [-0.1, -0.05) is 0 Å². The number of carbonyl (C=O) groups excluding carboxylic acids is 2. The van der Waals surface area contributed by atoms with Crippen LogP contribution in [-0.2, 0) is 9.59 Å². The van der Waals surface area contributed by atoms with E-state index in [1.165, 1.54) is 0 Å². The molecule has 15 heavy (non-hydrogen) atoms. The molecule has 2 aliphatic rings. The molecule has 2 rings (SSSR count). The van der Waals surface area contributed by atoms with Gasteiger partial charge in [-0.3, -0.25) is 9.59 Å². The van der Waals surface area contributed by atoms with Crippen molar-refractivity contribution in [2.24, 2.45) is 0 Å². The van der Waals surface area contributed by atoms with Crippen molar-refractivity contribution in [1.29, 1.82) is 0 Å². The molecule has 0 radical (unpaired) electrons. The predicted molar refractivity (Wildman–Crippen MR) is 60.4 cm³/mol. The highest BCUT2D eigenvalue weighted by atomic mass is 31.1. The van der Waals surface area contributed by atoms with Gasteiger partial charge in [0.1, 0.15) is 0 Å². The summed E-state index contributed by atoms with van der Waals surface area (Å²) < 4.78 is 0. The third-order valence-corrected chi connectivity index (χ3v) is 4.19. The second-order valence-electron chi connectivity index (χ2n) is 4.15. The Morgan fingerprint density at radius 3 is 1.73 bits per heavy atom. The van der Waals surface area contributed by atoms with Gasteiger partial charge in [0.05, 0.1) is 12.1 Å². The summed E-state index contributed by atoms with van der Waals surface area (Å²) in [6.45, 7) is 1.83. The molecule has 2 saturated heterocycles. The van der Waals surface area contributed by atoms with Crippen LogP contribution in [0.25, 0.3) is 0 Å². The number of hydrogen-bond donors (Lipinski definition) is 2. The summed E-state index contributed by atoms with van der Waals surface area (Å²) in [5.41, 5.74) is 0.206. The Hall–Kier alpha value is -0.310. The van der Waals surface area contributed by atoms with Gasteiger partial charge in [-0.05, 0) is 38.8 Å². The summed E-state index contributed by atoms with van der Waals surface area (Å²) in [5.74, 6) is 0. The first-order valence-electron chi connectivity index (χ1n) is 5.59. The Balaban J connectivity index is 1.79. The van der Waals surface area contributed by atoms with E-state index in [-0.39, 0.29) is 31.7 Å². The van der Waals surface area contributed by atoms with Gasteiger partial charge in [0.2, 0.25) is 0 Å². The lowest BCUT2D eigenvalue weighted by atomic mass is 10.2. The van der Waals surface area contributed by atoms with Gasteiger partial charge >= 0.3 is 0 Å². The van der Waals surface area contributed by atoms with Crippen molar-refractivity contribution in [3.63, 3.8) is 0 Å². The first-order chi connectivity index (χ1) is 7.27. The Labute approximate surface area is 91.3 Å². The summed E-state index contributed by atoms with van der Waals surface area (Å²) >= 11 is 0. The Kier molecular flexibility index (Phi) is 3.84. The van der Waals surface area contributed by atoms with Crippen LogP contribution in [0, 0.1) is 0 Å². The normalized spacial score (nSPS) is 31.5. The third-order valence-electron chi connectivity index (χ3n) is 3.00. The van der Waals surface area contributed by atoms with E-state index in [1.54, 1.807) is 0 Å². The Morgan fingerprint density at radius 1 is 0.933 bits per heavy atom. The van der Waals surface area contributed by atoms with Gasteiger partial charge in [0.15, 0.2) is 11.0 Å². The highest BCUT2D eigenvalue weighted by Gasteiger charge is 2.28. The molecule has 0 aliphatic carbocycles. The minimum absolute atomic E-state index is 0.0475. The van der Waals surface area contributed by atoms with Crippen molar-refractivity contribution in [1.82, 2.24) is 10.6 Å². The zero-order chi connectivity index (χ0) is 10.7. The van der Waals surface area contributed by atoms with Crippen molar-refractivity contribution in [3.05, 3.63) is 0 Å². The maximum absolute atomic E-state index is 11.7. The van der Waals surface area contributed by atoms with E-state index < -0.39 is 0 Å².